The van der Waals surface area contributed by atoms with Gasteiger partial charge in [0.15, 0.2) is 0 Å². The third-order valence-corrected chi connectivity index (χ3v) is 2.48. The lowest BCUT2D eigenvalue weighted by atomic mass is 10.1. The highest BCUT2D eigenvalue weighted by molar-refractivity contribution is 9.10. The van der Waals surface area contributed by atoms with E-state index in [-0.39, 0.29) is 18.5 Å². The number of benzene rings is 1. The minimum atomic E-state index is -0.295. The van der Waals surface area contributed by atoms with Gasteiger partial charge in [0.1, 0.15) is 5.82 Å². The minimum Gasteiger partial charge on any atom is -0.394 e. The molecule has 0 aliphatic rings. The van der Waals surface area contributed by atoms with Crippen LogP contribution in [0.25, 0.3) is 0 Å². The number of rotatable bonds is 3. The topological polar surface area (TPSA) is 32.3 Å². The zero-order chi connectivity index (χ0) is 9.84. The van der Waals surface area contributed by atoms with Crippen LogP contribution in [-0.4, -0.2) is 18.8 Å². The third-order valence-electron chi connectivity index (χ3n) is 1.88. The zero-order valence-electron chi connectivity index (χ0n) is 7.22. The second kappa shape index (κ2) is 4.69. The van der Waals surface area contributed by atoms with E-state index < -0.39 is 0 Å². The summed E-state index contributed by atoms with van der Waals surface area (Å²) in [5.74, 6) is -0.295. The number of hydrogen-bond donors (Lipinski definition) is 2. The smallest absolute Gasteiger partial charge is 0.137 e. The maximum atomic E-state index is 12.8. The summed E-state index contributed by atoms with van der Waals surface area (Å²) in [5.41, 5.74) is 0.860. The van der Waals surface area contributed by atoms with Crippen molar-refractivity contribution in [3.8, 4) is 0 Å². The average molecular weight is 248 g/mol. The quantitative estimate of drug-likeness (QED) is 0.855. The molecular formula is C9H11BrFNO. The molecule has 0 spiro atoms. The highest BCUT2D eigenvalue weighted by Crippen LogP contribution is 2.20. The fourth-order valence-corrected chi connectivity index (χ4v) is 1.49. The van der Waals surface area contributed by atoms with Crippen molar-refractivity contribution < 1.29 is 9.50 Å². The number of aliphatic hydroxyl groups is 1. The molecule has 0 radical (unpaired) electrons. The SMILES string of the molecule is CN[C@@H](CO)c1ccc(F)c(Br)c1. The molecule has 72 valence electrons. The molecule has 1 rings (SSSR count). The molecule has 0 saturated carbocycles. The first-order valence-corrected chi connectivity index (χ1v) is 4.71. The molecule has 0 aromatic heterocycles. The Morgan fingerprint density at radius 2 is 2.31 bits per heavy atom. The van der Waals surface area contributed by atoms with Crippen molar-refractivity contribution in [1.82, 2.24) is 5.32 Å². The molecule has 4 heteroatoms. The summed E-state index contributed by atoms with van der Waals surface area (Å²) in [6, 6.07) is 4.54. The summed E-state index contributed by atoms with van der Waals surface area (Å²) in [6.45, 7) is -0.00538. The Kier molecular flexibility index (Phi) is 3.84. The van der Waals surface area contributed by atoms with Gasteiger partial charge < -0.3 is 10.4 Å². The Morgan fingerprint density at radius 1 is 1.62 bits per heavy atom. The van der Waals surface area contributed by atoms with Crippen molar-refractivity contribution in [2.75, 3.05) is 13.7 Å². The molecule has 0 fully saturated rings. The van der Waals surface area contributed by atoms with Gasteiger partial charge in [0.05, 0.1) is 17.1 Å². The van der Waals surface area contributed by atoms with E-state index in [1.807, 2.05) is 0 Å². The van der Waals surface area contributed by atoms with E-state index >= 15 is 0 Å². The third kappa shape index (κ3) is 2.49. The zero-order valence-corrected chi connectivity index (χ0v) is 8.81. The molecule has 0 aliphatic heterocycles. The maximum Gasteiger partial charge on any atom is 0.137 e. The Bertz CT molecular complexity index is 289. The second-order valence-electron chi connectivity index (χ2n) is 2.70. The number of nitrogens with one attached hydrogen (secondary N) is 1. The van der Waals surface area contributed by atoms with Crippen molar-refractivity contribution in [3.05, 3.63) is 34.1 Å². The summed E-state index contributed by atoms with van der Waals surface area (Å²) >= 11 is 3.09. The van der Waals surface area contributed by atoms with Crippen LogP contribution in [0.3, 0.4) is 0 Å². The lowest BCUT2D eigenvalue weighted by Crippen LogP contribution is -2.19. The van der Waals surface area contributed by atoms with Crippen LogP contribution in [0.2, 0.25) is 0 Å². The highest BCUT2D eigenvalue weighted by Gasteiger charge is 2.09. The monoisotopic (exact) mass is 247 g/mol. The van der Waals surface area contributed by atoms with Gasteiger partial charge in [-0.3, -0.25) is 0 Å². The summed E-state index contributed by atoms with van der Waals surface area (Å²) < 4.78 is 13.3. The number of halogens is 2. The van der Waals surface area contributed by atoms with E-state index in [0.717, 1.165) is 5.56 Å². The van der Waals surface area contributed by atoms with Gasteiger partial charge in [0.2, 0.25) is 0 Å². The first kappa shape index (κ1) is 10.6. The minimum absolute atomic E-state index is 0.00538. The average Bonchev–Trinajstić information content (AvgIpc) is 2.13. The van der Waals surface area contributed by atoms with Crippen molar-refractivity contribution in [2.45, 2.75) is 6.04 Å². The summed E-state index contributed by atoms with van der Waals surface area (Å²) in [6.07, 6.45) is 0. The van der Waals surface area contributed by atoms with Gasteiger partial charge in [0, 0.05) is 0 Å². The molecule has 2 N–H and O–H groups in total. The number of likely N-dealkylation sites (N-methyl/N-ethyl adjacent to an activating group) is 1. The van der Waals surface area contributed by atoms with Crippen LogP contribution in [0.1, 0.15) is 11.6 Å². The normalized spacial score (nSPS) is 12.9. The molecule has 0 bridgehead atoms. The van der Waals surface area contributed by atoms with Gasteiger partial charge in [-0.25, -0.2) is 4.39 Å². The summed E-state index contributed by atoms with van der Waals surface area (Å²) in [5, 5.41) is 11.9. The van der Waals surface area contributed by atoms with E-state index in [1.165, 1.54) is 6.07 Å². The van der Waals surface area contributed by atoms with Crippen LogP contribution in [0, 0.1) is 5.82 Å². The van der Waals surface area contributed by atoms with Crippen LogP contribution in [0.15, 0.2) is 22.7 Å². The molecule has 1 atom stereocenters. The van der Waals surface area contributed by atoms with Gasteiger partial charge in [-0.2, -0.15) is 0 Å². The largest absolute Gasteiger partial charge is 0.394 e. The van der Waals surface area contributed by atoms with Crippen LogP contribution in [0.4, 0.5) is 4.39 Å². The number of aliphatic hydroxyl groups excluding tert-OH is 1. The van der Waals surface area contributed by atoms with Crippen molar-refractivity contribution in [1.29, 1.82) is 0 Å². The molecule has 0 unspecified atom stereocenters. The lowest BCUT2D eigenvalue weighted by Gasteiger charge is -2.13. The molecule has 0 aliphatic carbocycles. The Balaban J connectivity index is 2.95. The Labute approximate surface area is 84.9 Å². The summed E-state index contributed by atoms with van der Waals surface area (Å²) in [7, 11) is 1.75. The first-order valence-electron chi connectivity index (χ1n) is 3.92. The van der Waals surface area contributed by atoms with Crippen LogP contribution < -0.4 is 5.32 Å². The molecule has 0 saturated heterocycles. The van der Waals surface area contributed by atoms with Crippen LogP contribution in [0.5, 0.6) is 0 Å². The van der Waals surface area contributed by atoms with Gasteiger partial charge in [0.25, 0.3) is 0 Å². The Morgan fingerprint density at radius 3 is 2.77 bits per heavy atom. The van der Waals surface area contributed by atoms with E-state index in [2.05, 4.69) is 21.2 Å². The van der Waals surface area contributed by atoms with Crippen molar-refractivity contribution in [2.24, 2.45) is 0 Å². The molecule has 13 heavy (non-hydrogen) atoms. The van der Waals surface area contributed by atoms with Crippen molar-refractivity contribution >= 4 is 15.9 Å². The van der Waals surface area contributed by atoms with E-state index in [9.17, 15) is 4.39 Å². The van der Waals surface area contributed by atoms with E-state index in [0.29, 0.717) is 4.47 Å². The standard InChI is InChI=1S/C9H11BrFNO/c1-12-9(5-13)6-2-3-8(11)7(10)4-6/h2-4,9,12-13H,5H2,1H3/t9-/m0/s1. The lowest BCUT2D eigenvalue weighted by molar-refractivity contribution is 0.251. The van der Waals surface area contributed by atoms with Gasteiger partial charge in [-0.1, -0.05) is 6.07 Å². The van der Waals surface area contributed by atoms with E-state index in [1.54, 1.807) is 19.2 Å². The fourth-order valence-electron chi connectivity index (χ4n) is 1.09. The molecule has 1 aromatic carbocycles. The first-order chi connectivity index (χ1) is 6.19. The van der Waals surface area contributed by atoms with Crippen LogP contribution >= 0.6 is 15.9 Å². The molecular weight excluding hydrogens is 237 g/mol. The second-order valence-corrected chi connectivity index (χ2v) is 3.55. The van der Waals surface area contributed by atoms with Gasteiger partial charge in [-0.15, -0.1) is 0 Å². The maximum absolute atomic E-state index is 12.8. The molecule has 2 nitrogen and oxygen atoms in total. The predicted molar refractivity (Wildman–Crippen MR) is 53.0 cm³/mol. The molecule has 0 amide bonds. The predicted octanol–water partition coefficient (Wildman–Crippen LogP) is 1.84. The fraction of sp³-hybridized carbons (Fsp3) is 0.333. The van der Waals surface area contributed by atoms with Crippen LogP contribution in [-0.2, 0) is 0 Å². The number of hydrogen-bond acceptors (Lipinski definition) is 2. The van der Waals surface area contributed by atoms with E-state index in [4.69, 9.17) is 5.11 Å². The van der Waals surface area contributed by atoms with Gasteiger partial charge in [-0.05, 0) is 40.7 Å². The van der Waals surface area contributed by atoms with Crippen molar-refractivity contribution in [3.63, 3.8) is 0 Å². The Hall–Kier alpha value is -0.450. The van der Waals surface area contributed by atoms with Gasteiger partial charge >= 0.3 is 0 Å². The molecule has 1 aromatic rings. The highest BCUT2D eigenvalue weighted by atomic mass is 79.9. The molecule has 0 heterocycles. The summed E-state index contributed by atoms with van der Waals surface area (Å²) in [4.78, 5) is 0.